The highest BCUT2D eigenvalue weighted by molar-refractivity contribution is 5.83. The van der Waals surface area contributed by atoms with Crippen molar-refractivity contribution in [1.82, 2.24) is 30.1 Å². The van der Waals surface area contributed by atoms with Gasteiger partial charge in [0.05, 0.1) is 31.1 Å². The minimum atomic E-state index is -0.175. The number of pyridine rings is 1. The van der Waals surface area contributed by atoms with Crippen LogP contribution in [0.25, 0.3) is 10.9 Å². The number of aromatic nitrogens is 5. The molecule has 0 saturated heterocycles. The summed E-state index contributed by atoms with van der Waals surface area (Å²) in [6.45, 7) is 1.81. The highest BCUT2D eigenvalue weighted by Crippen LogP contribution is 2.35. The van der Waals surface area contributed by atoms with E-state index in [4.69, 9.17) is 18.3 Å². The van der Waals surface area contributed by atoms with Crippen LogP contribution in [0.15, 0.2) is 68.6 Å². The number of tetrazole rings is 1. The van der Waals surface area contributed by atoms with Crippen molar-refractivity contribution in [3.8, 4) is 11.5 Å². The largest absolute Gasteiger partial charge is 0.468 e. The van der Waals surface area contributed by atoms with Crippen molar-refractivity contribution in [2.24, 2.45) is 0 Å². The fraction of sp³-hybridized carbons (Fsp3) is 0.217. The second-order valence-corrected chi connectivity index (χ2v) is 7.97. The van der Waals surface area contributed by atoms with Gasteiger partial charge in [-0.15, -0.1) is 5.10 Å². The van der Waals surface area contributed by atoms with Crippen molar-refractivity contribution in [3.05, 3.63) is 88.3 Å². The van der Waals surface area contributed by atoms with Crippen molar-refractivity contribution in [2.45, 2.75) is 26.2 Å². The Morgan fingerprint density at radius 2 is 1.76 bits per heavy atom. The number of aromatic amines is 1. The van der Waals surface area contributed by atoms with Crippen LogP contribution in [0.1, 0.15) is 22.9 Å². The Morgan fingerprint density at radius 3 is 2.56 bits per heavy atom. The van der Waals surface area contributed by atoms with Crippen LogP contribution in [-0.4, -0.2) is 36.9 Å². The van der Waals surface area contributed by atoms with Crippen LogP contribution in [0.3, 0.4) is 0 Å². The Labute approximate surface area is 192 Å². The number of nitrogens with zero attached hydrogens (tertiary/aromatic N) is 5. The van der Waals surface area contributed by atoms with Crippen LogP contribution in [0.2, 0.25) is 0 Å². The molecule has 1 aromatic carbocycles. The van der Waals surface area contributed by atoms with Gasteiger partial charge in [-0.05, 0) is 46.8 Å². The summed E-state index contributed by atoms with van der Waals surface area (Å²) in [6, 6.07) is 12.9. The fourth-order valence-electron chi connectivity index (χ4n) is 4.00. The van der Waals surface area contributed by atoms with E-state index in [-0.39, 0.29) is 12.4 Å². The molecule has 0 radical (unpaired) electrons. The first kappa shape index (κ1) is 20.2. The summed E-state index contributed by atoms with van der Waals surface area (Å²) in [5, 5.41) is 13.0. The van der Waals surface area contributed by atoms with Crippen molar-refractivity contribution in [1.29, 1.82) is 0 Å². The van der Waals surface area contributed by atoms with Crippen molar-refractivity contribution < 1.29 is 18.3 Å². The van der Waals surface area contributed by atoms with Gasteiger partial charge in [-0.3, -0.25) is 9.69 Å². The predicted octanol–water partition coefficient (Wildman–Crippen LogP) is 2.68. The Hall–Kier alpha value is -4.38. The molecule has 5 heterocycles. The van der Waals surface area contributed by atoms with Crippen LogP contribution in [0.4, 0.5) is 0 Å². The molecule has 34 heavy (non-hydrogen) atoms. The molecule has 0 spiro atoms. The predicted molar refractivity (Wildman–Crippen MR) is 118 cm³/mol. The molecule has 6 rings (SSSR count). The van der Waals surface area contributed by atoms with Gasteiger partial charge in [-0.2, -0.15) is 0 Å². The van der Waals surface area contributed by atoms with Crippen molar-refractivity contribution in [3.63, 3.8) is 0 Å². The maximum absolute atomic E-state index is 12.9. The summed E-state index contributed by atoms with van der Waals surface area (Å²) >= 11 is 0. The summed E-state index contributed by atoms with van der Waals surface area (Å²) < 4.78 is 23.6. The molecular weight excluding hydrogens is 440 g/mol. The number of fused-ring (bicyclic) bond motifs is 2. The van der Waals surface area contributed by atoms with E-state index in [1.807, 2.05) is 41.3 Å². The van der Waals surface area contributed by atoms with Crippen LogP contribution >= 0.6 is 0 Å². The Kier molecular flexibility index (Phi) is 5.07. The van der Waals surface area contributed by atoms with E-state index < -0.39 is 0 Å². The van der Waals surface area contributed by atoms with E-state index in [2.05, 4.69) is 20.5 Å². The molecule has 0 aliphatic carbocycles. The van der Waals surface area contributed by atoms with Crippen LogP contribution in [-0.2, 0) is 26.2 Å². The maximum Gasteiger partial charge on any atom is 0.252 e. The fourth-order valence-corrected chi connectivity index (χ4v) is 4.00. The lowest BCUT2D eigenvalue weighted by Crippen LogP contribution is -2.28. The van der Waals surface area contributed by atoms with Gasteiger partial charge >= 0.3 is 0 Å². The lowest BCUT2D eigenvalue weighted by Gasteiger charge is -2.20. The third-order valence-electron chi connectivity index (χ3n) is 5.62. The Morgan fingerprint density at radius 1 is 0.971 bits per heavy atom. The highest BCUT2D eigenvalue weighted by atomic mass is 16.7. The SMILES string of the molecule is O=c1[nH]c2cc3c(cc2cc1CN(Cc1ccco1)Cc1nnnn1Cc1ccco1)OCO3. The second-order valence-electron chi connectivity index (χ2n) is 7.97. The summed E-state index contributed by atoms with van der Waals surface area (Å²) in [5.74, 6) is 3.44. The van der Waals surface area contributed by atoms with Crippen molar-refractivity contribution >= 4 is 10.9 Å². The zero-order valence-corrected chi connectivity index (χ0v) is 18.0. The van der Waals surface area contributed by atoms with Crippen LogP contribution < -0.4 is 15.0 Å². The highest BCUT2D eigenvalue weighted by Gasteiger charge is 2.19. The van der Waals surface area contributed by atoms with Crippen molar-refractivity contribution in [2.75, 3.05) is 6.79 Å². The van der Waals surface area contributed by atoms with E-state index in [0.29, 0.717) is 54.6 Å². The molecule has 11 nitrogen and oxygen atoms in total. The standard InChI is InChI=1S/C23H20N6O5/c30-23-16(7-15-8-20-21(34-14-33-20)9-19(15)24-23)10-28(11-17-3-1-5-31-17)13-22-25-26-27-29(22)12-18-4-2-6-32-18/h1-9H,10-14H2,(H,24,30). The Bertz CT molecular complexity index is 1470. The zero-order valence-electron chi connectivity index (χ0n) is 18.0. The van der Waals surface area contributed by atoms with E-state index in [9.17, 15) is 4.79 Å². The average Bonchev–Trinajstić information content (AvgIpc) is 3.63. The lowest BCUT2D eigenvalue weighted by atomic mass is 10.1. The molecule has 0 fully saturated rings. The third-order valence-corrected chi connectivity index (χ3v) is 5.62. The quantitative estimate of drug-likeness (QED) is 0.372. The monoisotopic (exact) mass is 460 g/mol. The summed E-state index contributed by atoms with van der Waals surface area (Å²) in [7, 11) is 0. The first-order valence-electron chi connectivity index (χ1n) is 10.7. The first-order chi connectivity index (χ1) is 16.7. The minimum Gasteiger partial charge on any atom is -0.468 e. The zero-order chi connectivity index (χ0) is 22.9. The number of nitrogens with one attached hydrogen (secondary N) is 1. The molecular formula is C23H20N6O5. The van der Waals surface area contributed by atoms with Crippen LogP contribution in [0, 0.1) is 0 Å². The van der Waals surface area contributed by atoms with Gasteiger partial charge in [0.25, 0.3) is 5.56 Å². The Balaban J connectivity index is 1.30. The van der Waals surface area contributed by atoms with Gasteiger partial charge in [0.15, 0.2) is 17.3 Å². The molecule has 4 aromatic heterocycles. The van der Waals surface area contributed by atoms with Gasteiger partial charge in [0.1, 0.15) is 18.1 Å². The number of furan rings is 2. The van der Waals surface area contributed by atoms with Crippen LogP contribution in [0.5, 0.6) is 11.5 Å². The van der Waals surface area contributed by atoms with E-state index in [1.165, 1.54) is 0 Å². The van der Waals surface area contributed by atoms with Gasteiger partial charge in [-0.1, -0.05) is 0 Å². The number of H-pyrrole nitrogens is 1. The topological polar surface area (TPSA) is 124 Å². The first-order valence-corrected chi connectivity index (χ1v) is 10.7. The molecule has 172 valence electrons. The molecule has 0 saturated carbocycles. The number of rotatable bonds is 8. The molecule has 1 aliphatic rings. The third kappa shape index (κ3) is 4.04. The number of benzene rings is 1. The maximum atomic E-state index is 12.9. The summed E-state index contributed by atoms with van der Waals surface area (Å²) in [6.07, 6.45) is 3.24. The number of hydrogen-bond acceptors (Lipinski definition) is 9. The summed E-state index contributed by atoms with van der Waals surface area (Å²) in [5.41, 5.74) is 1.12. The normalized spacial score (nSPS) is 12.7. The molecule has 0 unspecified atom stereocenters. The molecule has 0 bridgehead atoms. The average molecular weight is 460 g/mol. The van der Waals surface area contributed by atoms with E-state index in [0.717, 1.165) is 16.9 Å². The number of ether oxygens (including phenoxy) is 2. The van der Waals surface area contributed by atoms with Gasteiger partial charge in [0.2, 0.25) is 6.79 Å². The van der Waals surface area contributed by atoms with E-state index >= 15 is 0 Å². The molecule has 1 aliphatic heterocycles. The molecule has 5 aromatic rings. The lowest BCUT2D eigenvalue weighted by molar-refractivity contribution is 0.174. The molecule has 1 N–H and O–H groups in total. The number of hydrogen-bond donors (Lipinski definition) is 1. The van der Waals surface area contributed by atoms with Gasteiger partial charge < -0.3 is 23.3 Å². The van der Waals surface area contributed by atoms with Gasteiger partial charge in [-0.25, -0.2) is 4.68 Å². The molecule has 0 amide bonds. The summed E-state index contributed by atoms with van der Waals surface area (Å²) in [4.78, 5) is 17.9. The van der Waals surface area contributed by atoms with E-state index in [1.54, 1.807) is 23.3 Å². The molecule has 0 atom stereocenters. The smallest absolute Gasteiger partial charge is 0.252 e. The van der Waals surface area contributed by atoms with Gasteiger partial charge in [0, 0.05) is 23.6 Å². The second kappa shape index (κ2) is 8.52. The minimum absolute atomic E-state index is 0.173. The molecule has 11 heteroatoms.